The molecule has 1 aromatic carbocycles. The Balaban J connectivity index is 1.87. The summed E-state index contributed by atoms with van der Waals surface area (Å²) in [4.78, 5) is 27.4. The fourth-order valence-electron chi connectivity index (χ4n) is 3.42. The van der Waals surface area contributed by atoms with Crippen molar-refractivity contribution in [2.24, 2.45) is 5.41 Å². The molecule has 0 N–H and O–H groups in total. The number of hydrogen-bond acceptors (Lipinski definition) is 3. The van der Waals surface area contributed by atoms with Crippen LogP contribution in [0.4, 0.5) is 0 Å². The average Bonchev–Trinajstić information content (AvgIpc) is 3.03. The largest absolute Gasteiger partial charge is 0.462 e. The summed E-state index contributed by atoms with van der Waals surface area (Å²) in [6, 6.07) is 9.83. The summed E-state index contributed by atoms with van der Waals surface area (Å²) in [5.41, 5.74) is 0.0615. The Morgan fingerprint density at radius 3 is 2.41 bits per heavy atom. The van der Waals surface area contributed by atoms with Crippen molar-refractivity contribution in [3.8, 4) is 0 Å². The summed E-state index contributed by atoms with van der Waals surface area (Å²) < 4.78 is 5.42. The maximum atomic E-state index is 13.0. The number of ether oxygens (including phenoxy) is 1. The number of esters is 1. The van der Waals surface area contributed by atoms with Gasteiger partial charge in [-0.1, -0.05) is 30.3 Å². The van der Waals surface area contributed by atoms with E-state index >= 15 is 0 Å². The van der Waals surface area contributed by atoms with Gasteiger partial charge in [-0.25, -0.2) is 0 Å². The second-order valence-corrected chi connectivity index (χ2v) is 6.59. The van der Waals surface area contributed by atoms with Gasteiger partial charge in [-0.15, -0.1) is 0 Å². The molecule has 0 aromatic heterocycles. The van der Waals surface area contributed by atoms with Gasteiger partial charge in [-0.3, -0.25) is 9.59 Å². The number of carbonyl (C=O) groups is 2. The van der Waals surface area contributed by atoms with Crippen LogP contribution in [0.15, 0.2) is 30.3 Å². The minimum absolute atomic E-state index is 0.0375. The van der Waals surface area contributed by atoms with Gasteiger partial charge in [0.15, 0.2) is 5.41 Å². The number of hydrogen-bond donors (Lipinski definition) is 0. The highest BCUT2D eigenvalue weighted by atomic mass is 16.5. The number of likely N-dealkylation sites (tertiary alicyclic amines) is 1. The third-order valence-corrected chi connectivity index (χ3v) is 4.64. The summed E-state index contributed by atoms with van der Waals surface area (Å²) in [5.74, 6) is -0.439. The second-order valence-electron chi connectivity index (χ2n) is 6.59. The molecule has 1 heterocycles. The highest BCUT2D eigenvalue weighted by Gasteiger charge is 2.68. The van der Waals surface area contributed by atoms with E-state index in [1.807, 2.05) is 49.1 Å². The number of nitrogens with zero attached hydrogens (tertiary/aromatic N) is 1. The van der Waals surface area contributed by atoms with Crippen LogP contribution < -0.4 is 0 Å². The van der Waals surface area contributed by atoms with Crippen LogP contribution in [0.3, 0.4) is 0 Å². The Morgan fingerprint density at radius 2 is 1.82 bits per heavy atom. The summed E-state index contributed by atoms with van der Waals surface area (Å²) in [5, 5.41) is 0. The van der Waals surface area contributed by atoms with E-state index in [0.717, 1.165) is 31.5 Å². The predicted octanol–water partition coefficient (Wildman–Crippen LogP) is 2.73. The number of amides is 1. The molecule has 2 atom stereocenters. The molecule has 4 heteroatoms. The number of rotatable bonds is 4. The third-order valence-electron chi connectivity index (χ3n) is 4.64. The molecule has 0 spiro atoms. The van der Waals surface area contributed by atoms with Crippen LogP contribution in [0.5, 0.6) is 0 Å². The predicted molar refractivity (Wildman–Crippen MR) is 83.3 cm³/mol. The zero-order valence-electron chi connectivity index (χ0n) is 13.2. The molecule has 118 valence electrons. The van der Waals surface area contributed by atoms with Crippen LogP contribution in [-0.4, -0.2) is 36.0 Å². The average molecular weight is 301 g/mol. The van der Waals surface area contributed by atoms with E-state index in [4.69, 9.17) is 4.74 Å². The lowest BCUT2D eigenvalue weighted by molar-refractivity contribution is -0.161. The fourth-order valence-corrected chi connectivity index (χ4v) is 3.42. The van der Waals surface area contributed by atoms with Crippen molar-refractivity contribution in [1.82, 2.24) is 4.90 Å². The van der Waals surface area contributed by atoms with E-state index in [-0.39, 0.29) is 23.9 Å². The Kier molecular flexibility index (Phi) is 3.94. The molecule has 1 saturated carbocycles. The first kappa shape index (κ1) is 15.1. The molecular formula is C18H23NO3. The van der Waals surface area contributed by atoms with E-state index in [2.05, 4.69) is 0 Å². The van der Waals surface area contributed by atoms with Gasteiger partial charge < -0.3 is 9.64 Å². The zero-order chi connectivity index (χ0) is 15.7. The van der Waals surface area contributed by atoms with Gasteiger partial charge in [0.05, 0.1) is 6.10 Å². The first-order chi connectivity index (χ1) is 10.6. The van der Waals surface area contributed by atoms with E-state index in [1.165, 1.54) is 0 Å². The van der Waals surface area contributed by atoms with Crippen molar-refractivity contribution >= 4 is 11.9 Å². The van der Waals surface area contributed by atoms with Crippen molar-refractivity contribution in [2.45, 2.75) is 45.1 Å². The fraction of sp³-hybridized carbons (Fsp3) is 0.556. The molecule has 1 amide bonds. The van der Waals surface area contributed by atoms with Crippen LogP contribution in [0.2, 0.25) is 0 Å². The summed E-state index contributed by atoms with van der Waals surface area (Å²) in [7, 11) is 0. The molecule has 4 nitrogen and oxygen atoms in total. The lowest BCUT2D eigenvalue weighted by atomic mass is 9.97. The minimum Gasteiger partial charge on any atom is -0.462 e. The molecular weight excluding hydrogens is 278 g/mol. The van der Waals surface area contributed by atoms with E-state index in [1.54, 1.807) is 0 Å². The first-order valence-corrected chi connectivity index (χ1v) is 8.11. The normalized spacial score (nSPS) is 27.0. The lowest BCUT2D eigenvalue weighted by Gasteiger charge is -2.23. The van der Waals surface area contributed by atoms with Crippen LogP contribution in [0.25, 0.3) is 0 Å². The van der Waals surface area contributed by atoms with Crippen molar-refractivity contribution in [3.05, 3.63) is 35.9 Å². The van der Waals surface area contributed by atoms with Crippen molar-refractivity contribution < 1.29 is 14.3 Å². The smallest absolute Gasteiger partial charge is 0.322 e. The van der Waals surface area contributed by atoms with E-state index in [0.29, 0.717) is 6.42 Å². The maximum Gasteiger partial charge on any atom is 0.322 e. The molecule has 2 aliphatic rings. The maximum absolute atomic E-state index is 13.0. The quantitative estimate of drug-likeness (QED) is 0.634. The van der Waals surface area contributed by atoms with Crippen molar-refractivity contribution in [2.75, 3.05) is 13.1 Å². The lowest BCUT2D eigenvalue weighted by Crippen LogP contribution is -2.41. The molecule has 1 aliphatic heterocycles. The van der Waals surface area contributed by atoms with Gasteiger partial charge in [-0.05, 0) is 38.7 Å². The number of benzene rings is 1. The van der Waals surface area contributed by atoms with E-state index < -0.39 is 5.41 Å². The summed E-state index contributed by atoms with van der Waals surface area (Å²) in [6.45, 7) is 5.17. The summed E-state index contributed by atoms with van der Waals surface area (Å²) in [6.07, 6.45) is 2.42. The zero-order valence-corrected chi connectivity index (χ0v) is 13.2. The first-order valence-electron chi connectivity index (χ1n) is 8.11. The molecule has 3 rings (SSSR count). The highest BCUT2D eigenvalue weighted by Crippen LogP contribution is 2.61. The highest BCUT2D eigenvalue weighted by molar-refractivity contribution is 6.07. The molecule has 0 unspecified atom stereocenters. The molecule has 0 bridgehead atoms. The molecule has 22 heavy (non-hydrogen) atoms. The Morgan fingerprint density at radius 1 is 1.18 bits per heavy atom. The Bertz CT molecular complexity index is 563. The molecule has 2 fully saturated rings. The standard InChI is InChI=1S/C18H23NO3/c1-13(2)22-17(21)18(16(20)19-10-6-7-11-19)12-15(18)14-8-4-3-5-9-14/h3-5,8-9,13,15H,6-7,10-12H2,1-2H3/t15-,18-/m1/s1. The van der Waals surface area contributed by atoms with Crippen LogP contribution >= 0.6 is 0 Å². The monoisotopic (exact) mass is 301 g/mol. The summed E-state index contributed by atoms with van der Waals surface area (Å²) >= 11 is 0. The van der Waals surface area contributed by atoms with Crippen molar-refractivity contribution in [3.63, 3.8) is 0 Å². The van der Waals surface area contributed by atoms with Crippen LogP contribution in [0.1, 0.15) is 44.6 Å². The molecule has 1 saturated heterocycles. The minimum atomic E-state index is -0.990. The third kappa shape index (κ3) is 2.51. The van der Waals surface area contributed by atoms with Gasteiger partial charge in [-0.2, -0.15) is 0 Å². The Hall–Kier alpha value is -1.84. The second kappa shape index (κ2) is 5.75. The topological polar surface area (TPSA) is 46.6 Å². The molecule has 1 aliphatic carbocycles. The van der Waals surface area contributed by atoms with E-state index in [9.17, 15) is 9.59 Å². The SMILES string of the molecule is CC(C)OC(=O)[C@]1(C(=O)N2CCCC2)C[C@@H]1c1ccccc1. The van der Waals surface area contributed by atoms with Gasteiger partial charge in [0, 0.05) is 19.0 Å². The molecule has 0 radical (unpaired) electrons. The Labute approximate surface area is 131 Å². The van der Waals surface area contributed by atoms with Crippen LogP contribution in [0, 0.1) is 5.41 Å². The van der Waals surface area contributed by atoms with Gasteiger partial charge in [0.2, 0.25) is 5.91 Å². The van der Waals surface area contributed by atoms with Gasteiger partial charge in [0.1, 0.15) is 0 Å². The van der Waals surface area contributed by atoms with Gasteiger partial charge >= 0.3 is 5.97 Å². The van der Waals surface area contributed by atoms with Gasteiger partial charge in [0.25, 0.3) is 0 Å². The molecule has 1 aromatic rings. The van der Waals surface area contributed by atoms with Crippen molar-refractivity contribution in [1.29, 1.82) is 0 Å². The number of carbonyl (C=O) groups excluding carboxylic acids is 2. The van der Waals surface area contributed by atoms with Crippen LogP contribution in [-0.2, 0) is 14.3 Å².